The Labute approximate surface area is 132 Å². The van der Waals surface area contributed by atoms with Crippen molar-refractivity contribution in [1.29, 1.82) is 0 Å². The van der Waals surface area contributed by atoms with Crippen molar-refractivity contribution in [2.75, 3.05) is 13.2 Å². The van der Waals surface area contributed by atoms with Crippen molar-refractivity contribution in [2.24, 2.45) is 5.16 Å². The quantitative estimate of drug-likeness (QED) is 0.481. The molecule has 8 heteroatoms. The highest BCUT2D eigenvalue weighted by Gasteiger charge is 2.39. The lowest BCUT2D eigenvalue weighted by atomic mass is 9.92. The number of carbonyl (C=O) groups excluding carboxylic acids is 1. The van der Waals surface area contributed by atoms with Crippen molar-refractivity contribution >= 4 is 17.4 Å². The summed E-state index contributed by atoms with van der Waals surface area (Å²) in [5.41, 5.74) is 0.689. The van der Waals surface area contributed by atoms with E-state index in [9.17, 15) is 14.9 Å². The standard InChI is InChI=1S/C15H16N2O6/c18-14(11-2-1-3-13(10-11)17(19)20)23-16-12-4-6-15(7-5-12)21-8-9-22-15/h1-3,10H,4-9H2. The molecule has 0 atom stereocenters. The average molecular weight is 320 g/mol. The van der Waals surface area contributed by atoms with Crippen LogP contribution in [0.3, 0.4) is 0 Å². The van der Waals surface area contributed by atoms with Crippen molar-refractivity contribution in [3.05, 3.63) is 39.9 Å². The van der Waals surface area contributed by atoms with Gasteiger partial charge in [-0.05, 0) is 18.9 Å². The number of ether oxygens (including phenoxy) is 2. The van der Waals surface area contributed by atoms with E-state index in [-0.39, 0.29) is 11.3 Å². The van der Waals surface area contributed by atoms with Gasteiger partial charge in [-0.15, -0.1) is 0 Å². The van der Waals surface area contributed by atoms with Crippen LogP contribution in [0.25, 0.3) is 0 Å². The Hall–Kier alpha value is -2.32. The average Bonchev–Trinajstić information content (AvgIpc) is 3.02. The lowest BCUT2D eigenvalue weighted by Gasteiger charge is -2.31. The van der Waals surface area contributed by atoms with Gasteiger partial charge in [0.2, 0.25) is 0 Å². The van der Waals surface area contributed by atoms with Gasteiger partial charge in [0, 0.05) is 25.0 Å². The first kappa shape index (κ1) is 15.6. The molecule has 0 N–H and O–H groups in total. The molecule has 23 heavy (non-hydrogen) atoms. The molecule has 1 saturated heterocycles. The van der Waals surface area contributed by atoms with E-state index in [1.807, 2.05) is 0 Å². The second-order valence-electron chi connectivity index (χ2n) is 5.45. The zero-order valence-electron chi connectivity index (χ0n) is 12.4. The van der Waals surface area contributed by atoms with E-state index in [1.165, 1.54) is 24.3 Å². The van der Waals surface area contributed by atoms with Crippen LogP contribution in [0.4, 0.5) is 5.69 Å². The lowest BCUT2D eigenvalue weighted by Crippen LogP contribution is -2.35. The second kappa shape index (κ2) is 6.43. The SMILES string of the molecule is O=C(ON=C1CCC2(CC1)OCCO2)c1cccc([N+](=O)[O-])c1. The van der Waals surface area contributed by atoms with Crippen molar-refractivity contribution in [3.8, 4) is 0 Å². The van der Waals surface area contributed by atoms with Crippen LogP contribution in [0, 0.1) is 10.1 Å². The van der Waals surface area contributed by atoms with E-state index < -0.39 is 16.7 Å². The number of oxime groups is 1. The van der Waals surface area contributed by atoms with Gasteiger partial charge in [0.15, 0.2) is 5.79 Å². The molecule has 1 aromatic rings. The molecular formula is C15H16N2O6. The molecule has 1 aliphatic carbocycles. The first-order valence-corrected chi connectivity index (χ1v) is 7.37. The number of nitro groups is 1. The van der Waals surface area contributed by atoms with E-state index >= 15 is 0 Å². The Bertz CT molecular complexity index is 639. The largest absolute Gasteiger partial charge is 0.365 e. The summed E-state index contributed by atoms with van der Waals surface area (Å²) in [5, 5.41) is 14.6. The number of benzene rings is 1. The molecule has 3 rings (SSSR count). The number of nitro benzene ring substituents is 1. The summed E-state index contributed by atoms with van der Waals surface area (Å²) in [6.45, 7) is 1.21. The van der Waals surface area contributed by atoms with E-state index in [0.717, 1.165) is 5.71 Å². The molecule has 0 aromatic heterocycles. The van der Waals surface area contributed by atoms with Crippen molar-refractivity contribution in [1.82, 2.24) is 0 Å². The Kier molecular flexibility index (Phi) is 4.35. The molecule has 1 spiro atoms. The monoisotopic (exact) mass is 320 g/mol. The third kappa shape index (κ3) is 3.54. The summed E-state index contributed by atoms with van der Waals surface area (Å²) in [4.78, 5) is 27.0. The smallest absolute Gasteiger partial charge is 0.348 e. The zero-order chi connectivity index (χ0) is 16.3. The number of non-ortho nitro benzene ring substituents is 1. The summed E-state index contributed by atoms with van der Waals surface area (Å²) < 4.78 is 11.2. The zero-order valence-corrected chi connectivity index (χ0v) is 12.4. The summed E-state index contributed by atoms with van der Waals surface area (Å²) in [6, 6.07) is 5.36. The van der Waals surface area contributed by atoms with Gasteiger partial charge in [-0.1, -0.05) is 11.2 Å². The van der Waals surface area contributed by atoms with Crippen molar-refractivity contribution in [2.45, 2.75) is 31.5 Å². The van der Waals surface area contributed by atoms with Crippen LogP contribution in [0.15, 0.2) is 29.4 Å². The number of rotatable bonds is 3. The van der Waals surface area contributed by atoms with Gasteiger partial charge < -0.3 is 14.3 Å². The highest BCUT2D eigenvalue weighted by atomic mass is 16.7. The Morgan fingerprint density at radius 1 is 1.26 bits per heavy atom. The van der Waals surface area contributed by atoms with Crippen molar-refractivity contribution in [3.63, 3.8) is 0 Å². The molecule has 0 amide bonds. The molecule has 2 aliphatic rings. The van der Waals surface area contributed by atoms with Gasteiger partial charge in [-0.2, -0.15) is 0 Å². The lowest BCUT2D eigenvalue weighted by molar-refractivity contribution is -0.384. The van der Waals surface area contributed by atoms with E-state index in [0.29, 0.717) is 38.9 Å². The fourth-order valence-electron chi connectivity index (χ4n) is 2.70. The highest BCUT2D eigenvalue weighted by molar-refractivity contribution is 5.91. The molecule has 2 fully saturated rings. The predicted octanol–water partition coefficient (Wildman–Crippen LogP) is 2.42. The number of nitrogens with zero attached hydrogens (tertiary/aromatic N) is 2. The fraction of sp³-hybridized carbons (Fsp3) is 0.467. The topological polar surface area (TPSA) is 100 Å². The van der Waals surface area contributed by atoms with Crippen LogP contribution in [0.2, 0.25) is 0 Å². The van der Waals surface area contributed by atoms with Gasteiger partial charge in [-0.3, -0.25) is 10.1 Å². The maximum Gasteiger partial charge on any atom is 0.365 e. The molecule has 0 bridgehead atoms. The van der Waals surface area contributed by atoms with Gasteiger partial charge in [0.05, 0.1) is 29.4 Å². The number of carbonyl (C=O) groups is 1. The van der Waals surface area contributed by atoms with Crippen LogP contribution < -0.4 is 0 Å². The van der Waals surface area contributed by atoms with Gasteiger partial charge in [0.25, 0.3) is 5.69 Å². The first-order chi connectivity index (χ1) is 11.1. The maximum absolute atomic E-state index is 11.9. The van der Waals surface area contributed by atoms with Crippen LogP contribution in [0.1, 0.15) is 36.0 Å². The number of hydrogen-bond donors (Lipinski definition) is 0. The minimum atomic E-state index is -0.713. The normalized spacial score (nSPS) is 19.6. The summed E-state index contributed by atoms with van der Waals surface area (Å²) in [7, 11) is 0. The maximum atomic E-state index is 11.9. The minimum absolute atomic E-state index is 0.0956. The molecule has 1 aromatic carbocycles. The molecule has 0 unspecified atom stereocenters. The summed E-state index contributed by atoms with van der Waals surface area (Å²) in [6.07, 6.45) is 2.62. The highest BCUT2D eigenvalue weighted by Crippen LogP contribution is 2.34. The van der Waals surface area contributed by atoms with Crippen molar-refractivity contribution < 1.29 is 24.0 Å². The van der Waals surface area contributed by atoms with Crippen LogP contribution in [0.5, 0.6) is 0 Å². The van der Waals surface area contributed by atoms with Gasteiger partial charge in [0.1, 0.15) is 0 Å². The van der Waals surface area contributed by atoms with Crippen LogP contribution in [-0.4, -0.2) is 35.6 Å². The van der Waals surface area contributed by atoms with Crippen LogP contribution >= 0.6 is 0 Å². The molecule has 122 valence electrons. The van der Waals surface area contributed by atoms with Crippen LogP contribution in [-0.2, 0) is 14.3 Å². The summed E-state index contributed by atoms with van der Waals surface area (Å²) >= 11 is 0. The van der Waals surface area contributed by atoms with Gasteiger partial charge >= 0.3 is 5.97 Å². The first-order valence-electron chi connectivity index (χ1n) is 7.37. The Balaban J connectivity index is 1.58. The Morgan fingerprint density at radius 3 is 2.61 bits per heavy atom. The predicted molar refractivity (Wildman–Crippen MR) is 79.0 cm³/mol. The molecule has 1 aliphatic heterocycles. The molecule has 0 radical (unpaired) electrons. The molecule has 8 nitrogen and oxygen atoms in total. The molecule has 1 heterocycles. The fourth-order valence-corrected chi connectivity index (χ4v) is 2.70. The summed E-state index contributed by atoms with van der Waals surface area (Å²) in [5.74, 6) is -1.21. The second-order valence-corrected chi connectivity index (χ2v) is 5.45. The molecule has 1 saturated carbocycles. The third-order valence-electron chi connectivity index (χ3n) is 3.95. The van der Waals surface area contributed by atoms with E-state index in [2.05, 4.69) is 5.16 Å². The molecular weight excluding hydrogens is 304 g/mol. The number of hydrogen-bond acceptors (Lipinski definition) is 7. The van der Waals surface area contributed by atoms with E-state index in [1.54, 1.807) is 0 Å². The third-order valence-corrected chi connectivity index (χ3v) is 3.95. The minimum Gasteiger partial charge on any atom is -0.348 e. The Morgan fingerprint density at radius 2 is 1.96 bits per heavy atom. The van der Waals surface area contributed by atoms with E-state index in [4.69, 9.17) is 14.3 Å². The van der Waals surface area contributed by atoms with Gasteiger partial charge in [-0.25, -0.2) is 4.79 Å².